The Labute approximate surface area is 252 Å². The van der Waals surface area contributed by atoms with Gasteiger partial charge in [0.15, 0.2) is 0 Å². The summed E-state index contributed by atoms with van der Waals surface area (Å²) in [6.07, 6.45) is 8.53. The number of rotatable bonds is 5. The molecule has 2 aliphatic heterocycles. The van der Waals surface area contributed by atoms with Gasteiger partial charge in [-0.2, -0.15) is 8.42 Å². The molecule has 2 aromatic carbocycles. The number of likely N-dealkylation sites (N-methyl/N-ethyl adjacent to an activating group) is 1. The standard InChI is InChI=1S/C32H39N5O5S/c1-35-13-6-14-36(16-15-35)32(39)24-17-23-18-25(42-2)10-12-26(23)30-29(21-7-4-3-5-8-21)27-11-9-22(19-28(27)37(30)20-24)31(38)34-43(33,40)41/h9-12,17-19,21H,3-8,13-16,20H2,1-2H3,(H,34,38)(H2,33,40,41). The second kappa shape index (κ2) is 11.8. The third kappa shape index (κ3) is 5.93. The van der Waals surface area contributed by atoms with E-state index in [1.54, 1.807) is 19.2 Å². The Morgan fingerprint density at radius 2 is 1.77 bits per heavy atom. The summed E-state index contributed by atoms with van der Waals surface area (Å²) < 4.78 is 32.9. The highest BCUT2D eigenvalue weighted by Crippen LogP contribution is 2.47. The molecule has 2 amide bonds. The average Bonchev–Trinajstić information content (AvgIpc) is 3.09. The van der Waals surface area contributed by atoms with Gasteiger partial charge in [-0.05, 0) is 86.3 Å². The third-order valence-electron chi connectivity index (χ3n) is 9.07. The van der Waals surface area contributed by atoms with Crippen LogP contribution < -0.4 is 14.6 Å². The van der Waals surface area contributed by atoms with Gasteiger partial charge >= 0.3 is 0 Å². The highest BCUT2D eigenvalue weighted by Gasteiger charge is 2.32. The Bertz CT molecular complexity index is 1720. The van der Waals surface area contributed by atoms with Crippen molar-refractivity contribution in [3.63, 3.8) is 0 Å². The van der Waals surface area contributed by atoms with Crippen LogP contribution in [0.15, 0.2) is 42.0 Å². The van der Waals surface area contributed by atoms with Crippen molar-refractivity contribution in [2.24, 2.45) is 5.14 Å². The summed E-state index contributed by atoms with van der Waals surface area (Å²) >= 11 is 0. The van der Waals surface area contributed by atoms with Gasteiger partial charge in [-0.3, -0.25) is 9.59 Å². The Kier molecular flexibility index (Phi) is 8.06. The van der Waals surface area contributed by atoms with Crippen LogP contribution in [0.2, 0.25) is 0 Å². The molecule has 3 N–H and O–H groups in total. The van der Waals surface area contributed by atoms with E-state index < -0.39 is 16.1 Å². The number of hydrogen-bond acceptors (Lipinski definition) is 6. The van der Waals surface area contributed by atoms with Crippen LogP contribution >= 0.6 is 0 Å². The molecule has 1 aliphatic carbocycles. The fraction of sp³-hybridized carbons (Fsp3) is 0.438. The van der Waals surface area contributed by atoms with E-state index in [0.29, 0.717) is 36.9 Å². The number of ether oxygens (including phenoxy) is 1. The Hall–Kier alpha value is -3.67. The van der Waals surface area contributed by atoms with Crippen LogP contribution in [0.25, 0.3) is 28.2 Å². The molecule has 0 atom stereocenters. The van der Waals surface area contributed by atoms with E-state index in [0.717, 1.165) is 72.9 Å². The molecule has 43 heavy (non-hydrogen) atoms. The van der Waals surface area contributed by atoms with Gasteiger partial charge in [-0.15, -0.1) is 0 Å². The molecule has 0 bridgehead atoms. The van der Waals surface area contributed by atoms with Gasteiger partial charge in [-0.25, -0.2) is 9.86 Å². The Morgan fingerprint density at radius 1 is 0.977 bits per heavy atom. The number of carbonyl (C=O) groups excluding carboxylic acids is 2. The minimum Gasteiger partial charge on any atom is -0.497 e. The van der Waals surface area contributed by atoms with E-state index in [2.05, 4.69) is 22.6 Å². The largest absolute Gasteiger partial charge is 0.497 e. The molecule has 1 saturated heterocycles. The minimum absolute atomic E-state index is 0.00103. The van der Waals surface area contributed by atoms with Gasteiger partial charge in [0, 0.05) is 47.2 Å². The molecule has 228 valence electrons. The van der Waals surface area contributed by atoms with Gasteiger partial charge in [0.1, 0.15) is 5.75 Å². The number of fused-ring (bicyclic) bond motifs is 5. The summed E-state index contributed by atoms with van der Waals surface area (Å²) in [5, 5.41) is 6.13. The number of carbonyl (C=O) groups is 2. The summed E-state index contributed by atoms with van der Waals surface area (Å²) in [7, 11) is -0.508. The van der Waals surface area contributed by atoms with Crippen LogP contribution in [-0.4, -0.2) is 74.9 Å². The van der Waals surface area contributed by atoms with Crippen molar-refractivity contribution < 1.29 is 22.7 Å². The first-order valence-corrected chi connectivity index (χ1v) is 16.6. The molecule has 6 rings (SSSR count). The summed E-state index contributed by atoms with van der Waals surface area (Å²) in [6, 6.07) is 11.3. The SMILES string of the molecule is COc1ccc2c(c1)C=C(C(=O)N1CCCN(C)CC1)Cn1c-2c(C2CCCCC2)c2ccc(C(=O)NS(N)(=O)=O)cc21. The van der Waals surface area contributed by atoms with Crippen molar-refractivity contribution in [2.45, 2.75) is 51.0 Å². The first kappa shape index (κ1) is 29.4. The molecule has 3 aromatic rings. The molecule has 3 heterocycles. The number of nitrogens with two attached hydrogens (primary N) is 1. The zero-order valence-corrected chi connectivity index (χ0v) is 25.6. The normalized spacial score (nSPS) is 18.3. The fourth-order valence-electron chi connectivity index (χ4n) is 6.95. The van der Waals surface area contributed by atoms with Crippen LogP contribution in [0.5, 0.6) is 5.75 Å². The summed E-state index contributed by atoms with van der Waals surface area (Å²) in [6.45, 7) is 3.43. The van der Waals surface area contributed by atoms with E-state index in [9.17, 15) is 18.0 Å². The molecule has 0 spiro atoms. The topological polar surface area (TPSA) is 127 Å². The first-order chi connectivity index (χ1) is 20.6. The lowest BCUT2D eigenvalue weighted by Crippen LogP contribution is -2.36. The van der Waals surface area contributed by atoms with Gasteiger partial charge in [0.05, 0.1) is 19.3 Å². The van der Waals surface area contributed by atoms with Crippen molar-refractivity contribution >= 4 is 39.0 Å². The number of methoxy groups -OCH3 is 1. The van der Waals surface area contributed by atoms with Gasteiger partial charge in [0.2, 0.25) is 0 Å². The molecule has 0 unspecified atom stereocenters. The third-order valence-corrected chi connectivity index (χ3v) is 9.54. The van der Waals surface area contributed by atoms with Gasteiger partial charge < -0.3 is 19.1 Å². The number of nitrogens with zero attached hydrogens (tertiary/aromatic N) is 3. The van der Waals surface area contributed by atoms with E-state index in [1.807, 2.05) is 33.9 Å². The number of hydrogen-bond donors (Lipinski definition) is 2. The second-order valence-electron chi connectivity index (χ2n) is 12.0. The molecule has 11 heteroatoms. The second-order valence-corrected chi connectivity index (χ2v) is 13.3. The molecule has 3 aliphatic rings. The maximum absolute atomic E-state index is 14.2. The molecule has 2 fully saturated rings. The van der Waals surface area contributed by atoms with Crippen molar-refractivity contribution in [1.29, 1.82) is 0 Å². The van der Waals surface area contributed by atoms with Gasteiger partial charge in [0.25, 0.3) is 22.0 Å². The molecule has 1 aromatic heterocycles. The van der Waals surface area contributed by atoms with Crippen LogP contribution in [-0.2, 0) is 21.5 Å². The molecule has 1 saturated carbocycles. The van der Waals surface area contributed by atoms with E-state index in [4.69, 9.17) is 9.88 Å². The minimum atomic E-state index is -4.23. The highest BCUT2D eigenvalue weighted by atomic mass is 32.2. The first-order valence-electron chi connectivity index (χ1n) is 15.0. The monoisotopic (exact) mass is 605 g/mol. The fourth-order valence-corrected chi connectivity index (χ4v) is 7.33. The zero-order valence-electron chi connectivity index (χ0n) is 24.8. The van der Waals surface area contributed by atoms with E-state index in [1.165, 1.54) is 12.0 Å². The van der Waals surface area contributed by atoms with Gasteiger partial charge in [-0.1, -0.05) is 25.3 Å². The summed E-state index contributed by atoms with van der Waals surface area (Å²) in [5.74, 6) is 0.244. The lowest BCUT2D eigenvalue weighted by Gasteiger charge is -2.24. The van der Waals surface area contributed by atoms with E-state index in [-0.39, 0.29) is 11.5 Å². The average molecular weight is 606 g/mol. The predicted molar refractivity (Wildman–Crippen MR) is 167 cm³/mol. The lowest BCUT2D eigenvalue weighted by atomic mass is 9.81. The van der Waals surface area contributed by atoms with Crippen molar-refractivity contribution in [3.05, 3.63) is 58.7 Å². The predicted octanol–water partition coefficient (Wildman–Crippen LogP) is 3.86. The number of benzene rings is 2. The summed E-state index contributed by atoms with van der Waals surface area (Å²) in [4.78, 5) is 31.2. The lowest BCUT2D eigenvalue weighted by molar-refractivity contribution is -0.127. The zero-order chi connectivity index (χ0) is 30.3. The molecule has 10 nitrogen and oxygen atoms in total. The van der Waals surface area contributed by atoms with Crippen LogP contribution in [0.1, 0.15) is 65.9 Å². The quantitative estimate of drug-likeness (QED) is 0.455. The number of aromatic nitrogens is 1. The van der Waals surface area contributed by atoms with Crippen molar-refractivity contribution in [1.82, 2.24) is 19.1 Å². The highest BCUT2D eigenvalue weighted by molar-refractivity contribution is 7.87. The van der Waals surface area contributed by atoms with E-state index >= 15 is 0 Å². The van der Waals surface area contributed by atoms with Crippen LogP contribution in [0, 0.1) is 0 Å². The molecular formula is C32H39N5O5S. The van der Waals surface area contributed by atoms with Crippen molar-refractivity contribution in [3.8, 4) is 17.0 Å². The number of nitrogens with one attached hydrogen (secondary N) is 1. The van der Waals surface area contributed by atoms with Crippen LogP contribution in [0.4, 0.5) is 0 Å². The Morgan fingerprint density at radius 3 is 2.51 bits per heavy atom. The van der Waals surface area contributed by atoms with Crippen molar-refractivity contribution in [2.75, 3.05) is 40.3 Å². The number of amides is 2. The van der Waals surface area contributed by atoms with Crippen LogP contribution in [0.3, 0.4) is 0 Å². The molecular weight excluding hydrogens is 566 g/mol. The molecule has 0 radical (unpaired) electrons. The summed E-state index contributed by atoms with van der Waals surface area (Å²) in [5.41, 5.74) is 5.81. The smallest absolute Gasteiger partial charge is 0.298 e. The maximum Gasteiger partial charge on any atom is 0.298 e. The Balaban J connectivity index is 1.56. The maximum atomic E-state index is 14.2.